The molecule has 0 radical (unpaired) electrons. The highest BCUT2D eigenvalue weighted by atomic mass is 79.9. The SMILES string of the molecule is Nc1nc(=O)n([C@H]2O[C@@H](CO)[C@H](O)C2(F)F)cc1Br. The normalized spacial score (nSPS) is 29.6. The van der Waals surface area contributed by atoms with E-state index >= 15 is 0 Å². The summed E-state index contributed by atoms with van der Waals surface area (Å²) in [6.07, 6.45) is -4.76. The Morgan fingerprint density at radius 1 is 1.63 bits per heavy atom. The molecule has 4 N–H and O–H groups in total. The van der Waals surface area contributed by atoms with E-state index in [0.29, 0.717) is 4.57 Å². The molecule has 106 valence electrons. The molecule has 0 unspecified atom stereocenters. The Kier molecular flexibility index (Phi) is 3.60. The molecule has 2 heterocycles. The van der Waals surface area contributed by atoms with Gasteiger partial charge in [0.25, 0.3) is 0 Å². The van der Waals surface area contributed by atoms with Gasteiger partial charge in [-0.15, -0.1) is 0 Å². The van der Waals surface area contributed by atoms with E-state index < -0.39 is 36.7 Å². The van der Waals surface area contributed by atoms with Crippen LogP contribution in [-0.4, -0.2) is 44.5 Å². The fraction of sp³-hybridized carbons (Fsp3) is 0.556. The van der Waals surface area contributed by atoms with Crippen molar-refractivity contribution in [1.82, 2.24) is 9.55 Å². The summed E-state index contributed by atoms with van der Waals surface area (Å²) in [6.45, 7) is -0.800. The van der Waals surface area contributed by atoms with E-state index in [1.165, 1.54) is 0 Å². The van der Waals surface area contributed by atoms with Crippen LogP contribution in [0.15, 0.2) is 15.5 Å². The van der Waals surface area contributed by atoms with Crippen LogP contribution in [-0.2, 0) is 4.74 Å². The average molecular weight is 342 g/mol. The van der Waals surface area contributed by atoms with E-state index in [-0.39, 0.29) is 10.3 Å². The van der Waals surface area contributed by atoms with E-state index in [1.54, 1.807) is 0 Å². The second kappa shape index (κ2) is 4.78. The van der Waals surface area contributed by atoms with Crippen LogP contribution < -0.4 is 11.4 Å². The van der Waals surface area contributed by atoms with Crippen LogP contribution in [0.1, 0.15) is 6.23 Å². The smallest absolute Gasteiger partial charge is 0.351 e. The lowest BCUT2D eigenvalue weighted by molar-refractivity contribution is -0.141. The van der Waals surface area contributed by atoms with E-state index in [4.69, 9.17) is 15.6 Å². The molecule has 0 saturated carbocycles. The lowest BCUT2D eigenvalue weighted by Gasteiger charge is -2.21. The zero-order valence-electron chi connectivity index (χ0n) is 9.33. The van der Waals surface area contributed by atoms with E-state index in [9.17, 15) is 18.7 Å². The van der Waals surface area contributed by atoms with Crippen LogP contribution in [0.2, 0.25) is 0 Å². The second-order valence-corrected chi connectivity index (χ2v) is 4.85. The largest absolute Gasteiger partial charge is 0.394 e. The number of aromatic nitrogens is 2. The van der Waals surface area contributed by atoms with Crippen molar-refractivity contribution < 1.29 is 23.7 Å². The van der Waals surface area contributed by atoms with Gasteiger partial charge in [-0.05, 0) is 15.9 Å². The van der Waals surface area contributed by atoms with Crippen molar-refractivity contribution in [2.24, 2.45) is 0 Å². The van der Waals surface area contributed by atoms with Crippen molar-refractivity contribution in [1.29, 1.82) is 0 Å². The Labute approximate surface area is 113 Å². The third-order valence-electron chi connectivity index (χ3n) is 2.75. The minimum absolute atomic E-state index is 0.133. The van der Waals surface area contributed by atoms with Gasteiger partial charge in [-0.3, -0.25) is 4.57 Å². The lowest BCUT2D eigenvalue weighted by atomic mass is 10.1. The van der Waals surface area contributed by atoms with Crippen LogP contribution >= 0.6 is 15.9 Å². The highest BCUT2D eigenvalue weighted by Crippen LogP contribution is 2.42. The van der Waals surface area contributed by atoms with Gasteiger partial charge >= 0.3 is 11.6 Å². The summed E-state index contributed by atoms with van der Waals surface area (Å²) in [7, 11) is 0. The maximum Gasteiger partial charge on any atom is 0.351 e. The second-order valence-electron chi connectivity index (χ2n) is 3.99. The summed E-state index contributed by atoms with van der Waals surface area (Å²) in [5.41, 5.74) is 4.30. The number of ether oxygens (including phenoxy) is 1. The summed E-state index contributed by atoms with van der Waals surface area (Å²) in [5, 5.41) is 18.2. The van der Waals surface area contributed by atoms with E-state index in [0.717, 1.165) is 6.20 Å². The molecule has 19 heavy (non-hydrogen) atoms. The van der Waals surface area contributed by atoms with Gasteiger partial charge in [-0.25, -0.2) is 4.79 Å². The predicted octanol–water partition coefficient (Wildman–Crippen LogP) is -0.526. The van der Waals surface area contributed by atoms with Gasteiger partial charge in [0.05, 0.1) is 11.1 Å². The molecule has 1 aliphatic rings. The molecule has 1 fully saturated rings. The summed E-state index contributed by atoms with van der Waals surface area (Å²) >= 11 is 2.95. The molecule has 0 amide bonds. The number of rotatable bonds is 2. The molecule has 0 aromatic carbocycles. The number of aliphatic hydroxyl groups excluding tert-OH is 2. The summed E-state index contributed by atoms with van der Waals surface area (Å²) < 4.78 is 33.1. The molecule has 1 aromatic heterocycles. The van der Waals surface area contributed by atoms with Crippen LogP contribution in [0.3, 0.4) is 0 Å². The van der Waals surface area contributed by atoms with Gasteiger partial charge in [0.15, 0.2) is 6.10 Å². The zero-order valence-corrected chi connectivity index (χ0v) is 10.9. The molecule has 10 heteroatoms. The number of nitrogen functional groups attached to an aromatic ring is 1. The Hall–Kier alpha value is -1.10. The highest BCUT2D eigenvalue weighted by Gasteiger charge is 2.59. The fourth-order valence-electron chi connectivity index (χ4n) is 1.74. The van der Waals surface area contributed by atoms with Crippen LogP contribution in [0.4, 0.5) is 14.6 Å². The first-order valence-corrected chi connectivity index (χ1v) is 5.94. The summed E-state index contributed by atoms with van der Waals surface area (Å²) in [4.78, 5) is 14.9. The van der Waals surface area contributed by atoms with Crippen LogP contribution in [0.5, 0.6) is 0 Å². The van der Waals surface area contributed by atoms with E-state index in [1.807, 2.05) is 0 Å². The monoisotopic (exact) mass is 341 g/mol. The van der Waals surface area contributed by atoms with Crippen LogP contribution in [0, 0.1) is 0 Å². The molecular weight excluding hydrogens is 332 g/mol. The molecule has 0 aliphatic carbocycles. The maximum absolute atomic E-state index is 13.8. The number of aliphatic hydroxyl groups is 2. The van der Waals surface area contributed by atoms with Gasteiger partial charge in [0.1, 0.15) is 11.9 Å². The van der Waals surface area contributed by atoms with Gasteiger partial charge < -0.3 is 20.7 Å². The minimum atomic E-state index is -3.74. The molecule has 2 rings (SSSR count). The summed E-state index contributed by atoms with van der Waals surface area (Å²) in [5.74, 6) is -3.89. The molecule has 1 saturated heterocycles. The Morgan fingerprint density at radius 2 is 2.26 bits per heavy atom. The molecule has 7 nitrogen and oxygen atoms in total. The van der Waals surface area contributed by atoms with Gasteiger partial charge in [0.2, 0.25) is 6.23 Å². The average Bonchev–Trinajstić information content (AvgIpc) is 2.56. The van der Waals surface area contributed by atoms with Crippen molar-refractivity contribution in [2.45, 2.75) is 24.4 Å². The van der Waals surface area contributed by atoms with Crippen molar-refractivity contribution >= 4 is 21.7 Å². The Morgan fingerprint density at radius 3 is 2.79 bits per heavy atom. The molecule has 1 aliphatic heterocycles. The number of anilines is 1. The maximum atomic E-state index is 13.8. The molecule has 3 atom stereocenters. The topological polar surface area (TPSA) is 111 Å². The Bertz CT molecular complexity index is 553. The molecule has 1 aromatic rings. The number of hydrogen-bond donors (Lipinski definition) is 3. The lowest BCUT2D eigenvalue weighted by Crippen LogP contribution is -2.41. The summed E-state index contributed by atoms with van der Waals surface area (Å²) in [6, 6.07) is 0. The van der Waals surface area contributed by atoms with Crippen LogP contribution in [0.25, 0.3) is 0 Å². The standard InChI is InChI=1S/C9H10BrF2N3O4/c10-3-1-15(8(18)14-6(3)13)7-9(11,12)5(17)4(2-16)19-7/h1,4-5,7,16-17H,2H2,(H2,13,14,18)/t4-,5-,7-/m0/s1. The number of nitrogens with two attached hydrogens (primary N) is 1. The van der Waals surface area contributed by atoms with Crippen molar-refractivity contribution in [2.75, 3.05) is 12.3 Å². The number of hydrogen-bond acceptors (Lipinski definition) is 6. The molecule has 0 bridgehead atoms. The van der Waals surface area contributed by atoms with Crippen molar-refractivity contribution in [3.63, 3.8) is 0 Å². The van der Waals surface area contributed by atoms with Gasteiger partial charge in [0, 0.05) is 6.20 Å². The first kappa shape index (κ1) is 14.3. The third-order valence-corrected chi connectivity index (χ3v) is 3.36. The first-order valence-electron chi connectivity index (χ1n) is 5.15. The first-order chi connectivity index (χ1) is 8.78. The third kappa shape index (κ3) is 2.24. The highest BCUT2D eigenvalue weighted by molar-refractivity contribution is 9.10. The molecular formula is C9H10BrF2N3O4. The predicted molar refractivity (Wildman–Crippen MR) is 62.6 cm³/mol. The number of nitrogens with zero attached hydrogens (tertiary/aromatic N) is 2. The quantitative estimate of drug-likeness (QED) is 0.667. The number of halogens is 3. The van der Waals surface area contributed by atoms with Crippen molar-refractivity contribution in [3.05, 3.63) is 21.2 Å². The zero-order chi connectivity index (χ0) is 14.4. The minimum Gasteiger partial charge on any atom is -0.394 e. The van der Waals surface area contributed by atoms with Crippen molar-refractivity contribution in [3.8, 4) is 0 Å². The van der Waals surface area contributed by atoms with Gasteiger partial charge in [-0.1, -0.05) is 0 Å². The number of alkyl halides is 2. The fourth-order valence-corrected chi connectivity index (χ4v) is 2.05. The Balaban J connectivity index is 2.48. The van der Waals surface area contributed by atoms with E-state index in [2.05, 4.69) is 20.9 Å². The van der Waals surface area contributed by atoms with Gasteiger partial charge in [-0.2, -0.15) is 13.8 Å². The molecule has 0 spiro atoms.